The molecule has 182 valence electrons. The fraction of sp³-hybridized carbons (Fsp3) is 0.367. The van der Waals surface area contributed by atoms with Gasteiger partial charge in [0.25, 0.3) is 0 Å². The summed E-state index contributed by atoms with van der Waals surface area (Å²) in [4.78, 5) is 14.5. The zero-order valence-electron chi connectivity index (χ0n) is 21.4. The average Bonchev–Trinajstić information content (AvgIpc) is 3.27. The Bertz CT molecular complexity index is 1300. The minimum atomic E-state index is -0.464. The third kappa shape index (κ3) is 5.00. The highest BCUT2D eigenvalue weighted by Crippen LogP contribution is 2.41. The van der Waals surface area contributed by atoms with Crippen molar-refractivity contribution in [3.05, 3.63) is 83.4 Å². The molecule has 0 aliphatic heterocycles. The second-order valence-electron chi connectivity index (χ2n) is 10.5. The van der Waals surface area contributed by atoms with E-state index in [1.807, 2.05) is 68.4 Å². The second kappa shape index (κ2) is 9.65. The van der Waals surface area contributed by atoms with E-state index in [-0.39, 0.29) is 16.9 Å². The average molecular weight is 470 g/mol. The molecule has 1 heterocycles. The minimum absolute atomic E-state index is 0.153. The third-order valence-electron chi connectivity index (χ3n) is 7.09. The van der Waals surface area contributed by atoms with Gasteiger partial charge in [0, 0.05) is 22.8 Å². The van der Waals surface area contributed by atoms with E-state index in [1.165, 1.54) is 4.80 Å². The molecule has 0 saturated carbocycles. The number of carbonyl (C=O) groups is 1. The number of hydrogen-bond acceptors (Lipinski definition) is 4. The molecule has 1 aromatic heterocycles. The number of aromatic hydroxyl groups is 1. The Hall–Kier alpha value is -3.47. The maximum absolute atomic E-state index is 13.0. The van der Waals surface area contributed by atoms with Gasteiger partial charge in [0.05, 0.1) is 0 Å². The summed E-state index contributed by atoms with van der Waals surface area (Å²) in [5, 5.41) is 20.7. The maximum atomic E-state index is 13.0. The standard InChI is InChI=1S/C30H35N3O2/c1-6-18-29(2,3)27(34)17-16-21-19-23(30(4,5)22-12-8-7-9-13-22)28(35)26(20-21)33-31-24-14-10-11-15-25(24)32-33/h7-15,19-20,35H,6,16-18H2,1-5H3. The SMILES string of the molecule is CCCC(C)(C)C(=O)CCc1cc(-n2nc3ccccc3n2)c(O)c(C(C)(C)c2ccccc2)c1. The van der Waals surface area contributed by atoms with E-state index < -0.39 is 5.41 Å². The first-order valence-corrected chi connectivity index (χ1v) is 12.4. The van der Waals surface area contributed by atoms with Gasteiger partial charge in [-0.1, -0.05) is 89.6 Å². The number of phenols is 1. The molecule has 0 spiro atoms. The molecule has 1 N–H and O–H groups in total. The zero-order chi connectivity index (χ0) is 25.2. The van der Waals surface area contributed by atoms with Crippen molar-refractivity contribution in [3.63, 3.8) is 0 Å². The summed E-state index contributed by atoms with van der Waals surface area (Å²) in [5.74, 6) is 0.418. The van der Waals surface area contributed by atoms with Gasteiger partial charge in [-0.2, -0.15) is 0 Å². The van der Waals surface area contributed by atoms with Gasteiger partial charge < -0.3 is 5.11 Å². The number of ketones is 1. The summed E-state index contributed by atoms with van der Waals surface area (Å²) in [6, 6.07) is 21.8. The van der Waals surface area contributed by atoms with Crippen LogP contribution in [0.15, 0.2) is 66.7 Å². The highest BCUT2D eigenvalue weighted by molar-refractivity contribution is 5.84. The van der Waals surface area contributed by atoms with Crippen LogP contribution in [0.1, 0.15) is 70.6 Å². The lowest BCUT2D eigenvalue weighted by Gasteiger charge is -2.28. The molecule has 35 heavy (non-hydrogen) atoms. The van der Waals surface area contributed by atoms with Crippen LogP contribution >= 0.6 is 0 Å². The van der Waals surface area contributed by atoms with Gasteiger partial charge in [-0.15, -0.1) is 15.0 Å². The molecule has 0 atom stereocenters. The molecule has 0 radical (unpaired) electrons. The number of hydrogen-bond donors (Lipinski definition) is 1. The fourth-order valence-corrected chi connectivity index (χ4v) is 4.79. The molecule has 5 nitrogen and oxygen atoms in total. The number of fused-ring (bicyclic) bond motifs is 1. The lowest BCUT2D eigenvalue weighted by molar-refractivity contribution is -0.127. The minimum Gasteiger partial charge on any atom is -0.505 e. The van der Waals surface area contributed by atoms with E-state index in [0.717, 1.165) is 40.6 Å². The van der Waals surface area contributed by atoms with Crippen LogP contribution in [0.4, 0.5) is 0 Å². The maximum Gasteiger partial charge on any atom is 0.147 e. The van der Waals surface area contributed by atoms with Gasteiger partial charge in [-0.25, -0.2) is 0 Å². The Kier molecular flexibility index (Phi) is 6.79. The van der Waals surface area contributed by atoms with E-state index >= 15 is 0 Å². The lowest BCUT2D eigenvalue weighted by Crippen LogP contribution is -2.24. The number of aromatic nitrogens is 3. The molecule has 0 saturated heterocycles. The van der Waals surface area contributed by atoms with Gasteiger partial charge in [0.1, 0.15) is 28.3 Å². The largest absolute Gasteiger partial charge is 0.505 e. The molecule has 4 rings (SSSR count). The van der Waals surface area contributed by atoms with Crippen LogP contribution in [0.3, 0.4) is 0 Å². The first kappa shape index (κ1) is 24.6. The number of benzene rings is 3. The van der Waals surface area contributed by atoms with Crippen LogP contribution in [0, 0.1) is 5.41 Å². The van der Waals surface area contributed by atoms with Gasteiger partial charge in [-0.3, -0.25) is 4.79 Å². The van der Waals surface area contributed by atoms with Gasteiger partial charge in [0.2, 0.25) is 0 Å². The summed E-state index contributed by atoms with van der Waals surface area (Å²) in [7, 11) is 0. The van der Waals surface area contributed by atoms with Gasteiger partial charge in [0.15, 0.2) is 0 Å². The molecule has 4 aromatic rings. The van der Waals surface area contributed by atoms with Gasteiger partial charge in [-0.05, 0) is 42.2 Å². The van der Waals surface area contributed by atoms with Crippen LogP contribution < -0.4 is 0 Å². The topological polar surface area (TPSA) is 68.0 Å². The Morgan fingerprint density at radius 2 is 1.51 bits per heavy atom. The quantitative estimate of drug-likeness (QED) is 0.293. The molecular formula is C30H35N3O2. The Labute approximate surface area is 207 Å². The van der Waals surface area contributed by atoms with E-state index in [9.17, 15) is 9.90 Å². The van der Waals surface area contributed by atoms with Crippen molar-refractivity contribution >= 4 is 16.8 Å². The van der Waals surface area contributed by atoms with Crippen molar-refractivity contribution < 1.29 is 9.90 Å². The number of aryl methyl sites for hydroxylation is 1. The molecule has 0 fully saturated rings. The normalized spacial score (nSPS) is 12.3. The predicted octanol–water partition coefficient (Wildman–Crippen LogP) is 6.78. The van der Waals surface area contributed by atoms with Crippen molar-refractivity contribution in [2.45, 2.75) is 65.7 Å². The molecule has 0 aliphatic rings. The summed E-state index contributed by atoms with van der Waals surface area (Å²) < 4.78 is 0. The van der Waals surface area contributed by atoms with Crippen LogP contribution in [0.25, 0.3) is 16.7 Å². The number of nitrogens with zero attached hydrogens (tertiary/aromatic N) is 3. The fourth-order valence-electron chi connectivity index (χ4n) is 4.79. The zero-order valence-corrected chi connectivity index (χ0v) is 21.4. The number of phenolic OH excluding ortho intramolecular Hbond substituents is 1. The number of Topliss-reactive ketones (excluding diaryl/α,β-unsaturated/α-hetero) is 1. The molecule has 0 unspecified atom stereocenters. The van der Waals surface area contributed by atoms with E-state index in [2.05, 4.69) is 43.1 Å². The van der Waals surface area contributed by atoms with Crippen molar-refractivity contribution in [1.82, 2.24) is 15.0 Å². The van der Waals surface area contributed by atoms with Crippen molar-refractivity contribution in [1.29, 1.82) is 0 Å². The highest BCUT2D eigenvalue weighted by Gasteiger charge is 2.30. The van der Waals surface area contributed by atoms with Crippen molar-refractivity contribution in [2.24, 2.45) is 5.41 Å². The van der Waals surface area contributed by atoms with E-state index in [4.69, 9.17) is 0 Å². The van der Waals surface area contributed by atoms with Crippen molar-refractivity contribution in [2.75, 3.05) is 0 Å². The summed E-state index contributed by atoms with van der Waals surface area (Å²) >= 11 is 0. The molecule has 3 aromatic carbocycles. The molecule has 0 aliphatic carbocycles. The molecule has 5 heteroatoms. The molecule has 0 amide bonds. The highest BCUT2D eigenvalue weighted by atomic mass is 16.3. The van der Waals surface area contributed by atoms with E-state index in [1.54, 1.807) is 0 Å². The molecule has 0 bridgehead atoms. The van der Waals surface area contributed by atoms with Crippen LogP contribution in [0.5, 0.6) is 5.75 Å². The van der Waals surface area contributed by atoms with Crippen LogP contribution in [-0.4, -0.2) is 25.9 Å². The Balaban J connectivity index is 1.80. The molecular weight excluding hydrogens is 434 g/mol. The first-order valence-electron chi connectivity index (χ1n) is 12.4. The van der Waals surface area contributed by atoms with E-state index in [0.29, 0.717) is 18.5 Å². The lowest BCUT2D eigenvalue weighted by atomic mass is 9.76. The Morgan fingerprint density at radius 3 is 2.11 bits per heavy atom. The smallest absolute Gasteiger partial charge is 0.147 e. The second-order valence-corrected chi connectivity index (χ2v) is 10.5. The summed E-state index contributed by atoms with van der Waals surface area (Å²) in [6.07, 6.45) is 2.91. The van der Waals surface area contributed by atoms with Crippen molar-refractivity contribution in [3.8, 4) is 11.4 Å². The number of rotatable bonds is 9. The predicted molar refractivity (Wildman–Crippen MR) is 141 cm³/mol. The summed E-state index contributed by atoms with van der Waals surface area (Å²) in [6.45, 7) is 10.4. The number of carbonyl (C=O) groups excluding carboxylic acids is 1. The third-order valence-corrected chi connectivity index (χ3v) is 7.09. The van der Waals surface area contributed by atoms with Crippen LogP contribution in [0.2, 0.25) is 0 Å². The summed E-state index contributed by atoms with van der Waals surface area (Å²) in [5.41, 5.74) is 4.12. The Morgan fingerprint density at radius 1 is 0.914 bits per heavy atom. The van der Waals surface area contributed by atoms with Gasteiger partial charge >= 0.3 is 0 Å². The first-order chi connectivity index (χ1) is 16.6. The van der Waals surface area contributed by atoms with Crippen LogP contribution in [-0.2, 0) is 16.6 Å². The monoisotopic (exact) mass is 469 g/mol.